The summed E-state index contributed by atoms with van der Waals surface area (Å²) in [6, 6.07) is 13.8. The van der Waals surface area contributed by atoms with Crippen LogP contribution in [0, 0.1) is 5.82 Å². The summed E-state index contributed by atoms with van der Waals surface area (Å²) in [6.07, 6.45) is 0.575. The summed E-state index contributed by atoms with van der Waals surface area (Å²) in [6.45, 7) is 1.23. The number of aromatic nitrogens is 2. The molecule has 2 aliphatic heterocycles. The van der Waals surface area contributed by atoms with Crippen molar-refractivity contribution in [3.63, 3.8) is 0 Å². The number of amides is 2. The largest absolute Gasteiger partial charge is 0.338 e. The van der Waals surface area contributed by atoms with E-state index in [1.807, 2.05) is 23.1 Å². The predicted molar refractivity (Wildman–Crippen MR) is 117 cm³/mol. The molecule has 1 unspecified atom stereocenters. The molecule has 1 atom stereocenters. The van der Waals surface area contributed by atoms with Crippen LogP contribution >= 0.6 is 0 Å². The highest BCUT2D eigenvalue weighted by Crippen LogP contribution is 2.31. The highest BCUT2D eigenvalue weighted by molar-refractivity contribution is 6.04. The van der Waals surface area contributed by atoms with E-state index in [0.29, 0.717) is 19.0 Å². The van der Waals surface area contributed by atoms with Crippen LogP contribution in [0.15, 0.2) is 53.3 Å². The zero-order chi connectivity index (χ0) is 22.2. The lowest BCUT2D eigenvalue weighted by molar-refractivity contribution is -0.123. The van der Waals surface area contributed by atoms with Gasteiger partial charge in [-0.05, 0) is 29.7 Å². The van der Waals surface area contributed by atoms with Crippen molar-refractivity contribution in [1.82, 2.24) is 9.97 Å². The Labute approximate surface area is 182 Å². The van der Waals surface area contributed by atoms with Crippen LogP contribution in [0.1, 0.15) is 29.0 Å². The van der Waals surface area contributed by atoms with E-state index < -0.39 is 29.1 Å². The minimum atomic E-state index is -1.08. The highest BCUT2D eigenvalue weighted by atomic mass is 19.1. The number of para-hydroxylation sites is 1. The Balaban J connectivity index is 1.46. The minimum absolute atomic E-state index is 0.0157. The number of carbonyl (C=O) groups is 2. The van der Waals surface area contributed by atoms with E-state index in [-0.39, 0.29) is 23.5 Å². The van der Waals surface area contributed by atoms with Gasteiger partial charge in [0.1, 0.15) is 11.6 Å². The molecule has 0 spiro atoms. The van der Waals surface area contributed by atoms with Crippen LogP contribution in [0.2, 0.25) is 0 Å². The third-order valence-electron chi connectivity index (χ3n) is 5.82. The van der Waals surface area contributed by atoms with Crippen LogP contribution in [-0.4, -0.2) is 28.3 Å². The van der Waals surface area contributed by atoms with Crippen molar-refractivity contribution in [2.45, 2.75) is 25.3 Å². The molecule has 0 fully saturated rings. The molecule has 162 valence electrons. The van der Waals surface area contributed by atoms with Crippen LogP contribution < -0.4 is 21.1 Å². The van der Waals surface area contributed by atoms with Crippen molar-refractivity contribution in [2.75, 3.05) is 22.1 Å². The molecule has 3 aromatic rings. The van der Waals surface area contributed by atoms with Crippen LogP contribution in [-0.2, 0) is 22.6 Å². The summed E-state index contributed by atoms with van der Waals surface area (Å²) in [5.41, 5.74) is 1.95. The topological polar surface area (TPSA) is 107 Å². The Morgan fingerprint density at radius 2 is 1.84 bits per heavy atom. The van der Waals surface area contributed by atoms with Crippen LogP contribution in [0.4, 0.5) is 21.8 Å². The van der Waals surface area contributed by atoms with Gasteiger partial charge in [-0.25, -0.2) is 4.39 Å². The van der Waals surface area contributed by atoms with E-state index in [1.54, 1.807) is 6.07 Å². The summed E-state index contributed by atoms with van der Waals surface area (Å²) in [5, 5.41) is 5.08. The Morgan fingerprint density at radius 1 is 1.09 bits per heavy atom. The van der Waals surface area contributed by atoms with Crippen molar-refractivity contribution in [2.24, 2.45) is 0 Å². The standard InChI is InChI=1S/C23H20FN5O3/c24-16-7-3-4-8-17(16)25-21(31)15-11-18(30)26-20-19(15)22(32)28-23(27-20)29-10-9-13-5-1-2-6-14(13)12-29/h1-8,15H,9-12H2,(H,25,31)(H2,26,27,28,30,32). The number of hydrogen-bond acceptors (Lipinski definition) is 5. The third kappa shape index (κ3) is 3.62. The van der Waals surface area contributed by atoms with Crippen molar-refractivity contribution in [1.29, 1.82) is 0 Å². The van der Waals surface area contributed by atoms with E-state index in [4.69, 9.17) is 0 Å². The number of nitrogens with one attached hydrogen (secondary N) is 3. The first-order valence-electron chi connectivity index (χ1n) is 10.3. The number of anilines is 3. The molecule has 9 heteroatoms. The second-order valence-corrected chi connectivity index (χ2v) is 7.87. The minimum Gasteiger partial charge on any atom is -0.338 e. The lowest BCUT2D eigenvalue weighted by Gasteiger charge is -2.30. The summed E-state index contributed by atoms with van der Waals surface area (Å²) < 4.78 is 14.0. The monoisotopic (exact) mass is 433 g/mol. The zero-order valence-electron chi connectivity index (χ0n) is 17.0. The maximum Gasteiger partial charge on any atom is 0.258 e. The van der Waals surface area contributed by atoms with Gasteiger partial charge in [0.15, 0.2) is 0 Å². The average molecular weight is 433 g/mol. The summed E-state index contributed by atoms with van der Waals surface area (Å²) in [4.78, 5) is 47.3. The zero-order valence-corrected chi connectivity index (χ0v) is 17.0. The molecule has 3 heterocycles. The second kappa shape index (κ2) is 7.92. The van der Waals surface area contributed by atoms with Gasteiger partial charge < -0.3 is 15.5 Å². The van der Waals surface area contributed by atoms with Gasteiger partial charge >= 0.3 is 0 Å². The van der Waals surface area contributed by atoms with Gasteiger partial charge in [-0.1, -0.05) is 36.4 Å². The lowest BCUT2D eigenvalue weighted by atomic mass is 9.92. The summed E-state index contributed by atoms with van der Waals surface area (Å²) in [5.74, 6) is -2.36. The number of hydrogen-bond donors (Lipinski definition) is 3. The number of carbonyl (C=O) groups excluding carboxylic acids is 2. The molecule has 0 radical (unpaired) electrons. The number of benzene rings is 2. The van der Waals surface area contributed by atoms with E-state index in [9.17, 15) is 18.8 Å². The van der Waals surface area contributed by atoms with Gasteiger partial charge in [-0.15, -0.1) is 0 Å². The molecule has 0 saturated carbocycles. The van der Waals surface area contributed by atoms with Crippen molar-refractivity contribution < 1.29 is 14.0 Å². The number of rotatable bonds is 3. The Hall–Kier alpha value is -4.01. The Morgan fingerprint density at radius 3 is 2.66 bits per heavy atom. The number of fused-ring (bicyclic) bond motifs is 2. The molecule has 0 bridgehead atoms. The molecule has 2 aliphatic rings. The third-order valence-corrected chi connectivity index (χ3v) is 5.82. The normalized spacial score (nSPS) is 17.2. The van der Waals surface area contributed by atoms with E-state index in [0.717, 1.165) is 12.0 Å². The van der Waals surface area contributed by atoms with Gasteiger partial charge in [-0.2, -0.15) is 4.98 Å². The van der Waals surface area contributed by atoms with E-state index in [1.165, 1.54) is 23.8 Å². The Bertz CT molecular complexity index is 1290. The Kier molecular flexibility index (Phi) is 4.93. The number of nitrogens with zero attached hydrogens (tertiary/aromatic N) is 2. The molecule has 2 amide bonds. The molecular formula is C23H20FN5O3. The molecule has 0 aliphatic carbocycles. The number of halogens is 1. The highest BCUT2D eigenvalue weighted by Gasteiger charge is 2.35. The van der Waals surface area contributed by atoms with Gasteiger partial charge in [-0.3, -0.25) is 19.4 Å². The fourth-order valence-corrected chi connectivity index (χ4v) is 4.19. The number of H-pyrrole nitrogens is 1. The van der Waals surface area contributed by atoms with Gasteiger partial charge in [0.05, 0.1) is 17.2 Å². The van der Waals surface area contributed by atoms with Crippen LogP contribution in [0.5, 0.6) is 0 Å². The van der Waals surface area contributed by atoms with Crippen molar-refractivity contribution in [3.8, 4) is 0 Å². The first-order valence-corrected chi connectivity index (χ1v) is 10.3. The quantitative estimate of drug-likeness (QED) is 0.589. The molecule has 2 aromatic carbocycles. The number of aromatic amines is 1. The van der Waals surface area contributed by atoms with Gasteiger partial charge in [0.2, 0.25) is 17.8 Å². The lowest BCUT2D eigenvalue weighted by Crippen LogP contribution is -2.39. The van der Waals surface area contributed by atoms with Gasteiger partial charge in [0.25, 0.3) is 5.56 Å². The molecule has 3 N–H and O–H groups in total. The average Bonchev–Trinajstić information content (AvgIpc) is 2.79. The maximum atomic E-state index is 14.0. The maximum absolute atomic E-state index is 14.0. The van der Waals surface area contributed by atoms with Crippen LogP contribution in [0.3, 0.4) is 0 Å². The van der Waals surface area contributed by atoms with Crippen molar-refractivity contribution >= 4 is 29.3 Å². The summed E-state index contributed by atoms with van der Waals surface area (Å²) in [7, 11) is 0. The molecular weight excluding hydrogens is 413 g/mol. The fraction of sp³-hybridized carbons (Fsp3) is 0.217. The van der Waals surface area contributed by atoms with E-state index in [2.05, 4.69) is 26.7 Å². The predicted octanol–water partition coefficient (Wildman–Crippen LogP) is 2.54. The molecule has 1 aromatic heterocycles. The first-order chi connectivity index (χ1) is 15.5. The molecule has 8 nitrogen and oxygen atoms in total. The molecule has 32 heavy (non-hydrogen) atoms. The second-order valence-electron chi connectivity index (χ2n) is 7.87. The summed E-state index contributed by atoms with van der Waals surface area (Å²) >= 11 is 0. The molecule has 5 rings (SSSR count). The van der Waals surface area contributed by atoms with Crippen LogP contribution in [0.25, 0.3) is 0 Å². The SMILES string of the molecule is O=C1CC(C(=O)Nc2ccccc2F)c2c(nc(N3CCc4ccccc4C3)[nH]c2=O)N1. The first kappa shape index (κ1) is 19.9. The van der Waals surface area contributed by atoms with Gasteiger partial charge in [0, 0.05) is 19.5 Å². The smallest absolute Gasteiger partial charge is 0.258 e. The van der Waals surface area contributed by atoms with Crippen molar-refractivity contribution in [3.05, 3.63) is 81.4 Å². The fourth-order valence-electron chi connectivity index (χ4n) is 4.19. The molecule has 0 saturated heterocycles. The van der Waals surface area contributed by atoms with E-state index >= 15 is 0 Å².